The minimum Gasteiger partial charge on any atom is -0.491 e. The molecule has 0 N–H and O–H groups in total. The number of rotatable bonds is 9. The second kappa shape index (κ2) is 9.85. The zero-order valence-electron chi connectivity index (χ0n) is 17.7. The topological polar surface area (TPSA) is 61.8 Å². The van der Waals surface area contributed by atoms with Gasteiger partial charge in [-0.05, 0) is 54.1 Å². The van der Waals surface area contributed by atoms with Gasteiger partial charge in [0.1, 0.15) is 30.8 Å². The number of benzene rings is 4. The first kappa shape index (κ1) is 21.9. The molecule has 164 valence electrons. The van der Waals surface area contributed by atoms with Crippen molar-refractivity contribution < 1.29 is 22.1 Å². The van der Waals surface area contributed by atoms with Crippen LogP contribution in [0.1, 0.15) is 5.56 Å². The summed E-state index contributed by atoms with van der Waals surface area (Å²) in [5.74, 6) is 1.25. The third-order valence-corrected chi connectivity index (χ3v) is 6.28. The molecule has 4 aromatic rings. The summed E-state index contributed by atoms with van der Waals surface area (Å²) >= 11 is 0. The molecular formula is C26H24O5S. The van der Waals surface area contributed by atoms with Crippen LogP contribution in [0.15, 0.2) is 102 Å². The maximum absolute atomic E-state index is 12.8. The minimum absolute atomic E-state index is 0.0102. The molecule has 0 fully saturated rings. The number of para-hydroxylation sites is 1. The Labute approximate surface area is 188 Å². The predicted molar refractivity (Wildman–Crippen MR) is 125 cm³/mol. The molecule has 0 aliphatic heterocycles. The second-order valence-corrected chi connectivity index (χ2v) is 9.00. The standard InChI is InChI=1S/C26H24O5S/c1-20-11-15-26(16-12-20)32(27,28)31-25(18-29-23-9-3-2-4-10-23)19-30-24-14-13-21-7-5-6-8-22(21)17-24/h2-17,25H,18-19H2,1H3. The van der Waals surface area contributed by atoms with E-state index in [0.29, 0.717) is 11.5 Å². The summed E-state index contributed by atoms with van der Waals surface area (Å²) < 4.78 is 42.8. The van der Waals surface area contributed by atoms with Crippen LogP contribution in [-0.2, 0) is 14.3 Å². The van der Waals surface area contributed by atoms with Crippen molar-refractivity contribution in [3.63, 3.8) is 0 Å². The Balaban J connectivity index is 1.50. The predicted octanol–water partition coefficient (Wildman–Crippen LogP) is 5.38. The molecule has 0 radical (unpaired) electrons. The van der Waals surface area contributed by atoms with E-state index in [1.54, 1.807) is 24.3 Å². The van der Waals surface area contributed by atoms with Gasteiger partial charge in [0.25, 0.3) is 10.1 Å². The highest BCUT2D eigenvalue weighted by molar-refractivity contribution is 7.86. The molecule has 1 unspecified atom stereocenters. The molecule has 0 amide bonds. The van der Waals surface area contributed by atoms with Gasteiger partial charge in [-0.1, -0.05) is 66.2 Å². The first-order valence-corrected chi connectivity index (χ1v) is 11.7. The third-order valence-electron chi connectivity index (χ3n) is 4.91. The molecule has 1 atom stereocenters. The molecule has 0 saturated heterocycles. The zero-order chi connectivity index (χ0) is 22.4. The summed E-state index contributed by atoms with van der Waals surface area (Å²) in [5.41, 5.74) is 0.965. The molecule has 0 heterocycles. The molecular weight excluding hydrogens is 424 g/mol. The van der Waals surface area contributed by atoms with Crippen LogP contribution in [-0.4, -0.2) is 27.7 Å². The molecule has 5 nitrogen and oxygen atoms in total. The maximum Gasteiger partial charge on any atom is 0.297 e. The molecule has 4 aromatic carbocycles. The normalized spacial score (nSPS) is 12.4. The van der Waals surface area contributed by atoms with Gasteiger partial charge in [-0.25, -0.2) is 0 Å². The largest absolute Gasteiger partial charge is 0.491 e. The van der Waals surface area contributed by atoms with Crippen LogP contribution in [0.5, 0.6) is 11.5 Å². The van der Waals surface area contributed by atoms with E-state index in [1.165, 1.54) is 12.1 Å². The highest BCUT2D eigenvalue weighted by atomic mass is 32.2. The lowest BCUT2D eigenvalue weighted by atomic mass is 10.1. The molecule has 0 aliphatic rings. The smallest absolute Gasteiger partial charge is 0.297 e. The molecule has 32 heavy (non-hydrogen) atoms. The average molecular weight is 449 g/mol. The van der Waals surface area contributed by atoms with E-state index in [2.05, 4.69) is 0 Å². The van der Waals surface area contributed by atoms with Crippen LogP contribution in [0, 0.1) is 6.92 Å². The molecule has 0 spiro atoms. The van der Waals surface area contributed by atoms with Gasteiger partial charge < -0.3 is 9.47 Å². The van der Waals surface area contributed by atoms with Gasteiger partial charge in [0.05, 0.1) is 4.90 Å². The van der Waals surface area contributed by atoms with E-state index in [4.69, 9.17) is 13.7 Å². The van der Waals surface area contributed by atoms with Crippen LogP contribution in [0.25, 0.3) is 10.8 Å². The van der Waals surface area contributed by atoms with Crippen molar-refractivity contribution in [1.82, 2.24) is 0 Å². The number of hydrogen-bond donors (Lipinski definition) is 0. The van der Waals surface area contributed by atoms with Crippen molar-refractivity contribution in [3.8, 4) is 11.5 Å². The zero-order valence-corrected chi connectivity index (χ0v) is 18.5. The summed E-state index contributed by atoms with van der Waals surface area (Å²) in [6.45, 7) is 1.92. The van der Waals surface area contributed by atoms with Crippen LogP contribution < -0.4 is 9.47 Å². The number of fused-ring (bicyclic) bond motifs is 1. The molecule has 4 rings (SSSR count). The Morgan fingerprint density at radius 1 is 0.688 bits per heavy atom. The quantitative estimate of drug-likeness (QED) is 0.322. The van der Waals surface area contributed by atoms with Crippen molar-refractivity contribution >= 4 is 20.9 Å². The van der Waals surface area contributed by atoms with Gasteiger partial charge in [-0.2, -0.15) is 8.42 Å². The van der Waals surface area contributed by atoms with Crippen molar-refractivity contribution in [2.24, 2.45) is 0 Å². The van der Waals surface area contributed by atoms with Crippen molar-refractivity contribution in [2.45, 2.75) is 17.9 Å². The first-order valence-electron chi connectivity index (χ1n) is 10.3. The number of aryl methyl sites for hydroxylation is 1. The Morgan fingerprint density at radius 3 is 2.03 bits per heavy atom. The van der Waals surface area contributed by atoms with E-state index in [0.717, 1.165) is 16.3 Å². The summed E-state index contributed by atoms with van der Waals surface area (Å²) in [6, 6.07) is 29.4. The first-order chi connectivity index (χ1) is 15.5. The highest BCUT2D eigenvalue weighted by Crippen LogP contribution is 2.22. The number of hydrogen-bond acceptors (Lipinski definition) is 5. The van der Waals surface area contributed by atoms with E-state index in [-0.39, 0.29) is 18.1 Å². The fourth-order valence-corrected chi connectivity index (χ4v) is 4.25. The lowest BCUT2D eigenvalue weighted by Gasteiger charge is -2.19. The summed E-state index contributed by atoms with van der Waals surface area (Å²) in [5, 5.41) is 2.14. The fraction of sp³-hybridized carbons (Fsp3) is 0.154. The van der Waals surface area contributed by atoms with E-state index >= 15 is 0 Å². The third kappa shape index (κ3) is 5.66. The molecule has 0 saturated carbocycles. The van der Waals surface area contributed by atoms with Crippen molar-refractivity contribution in [2.75, 3.05) is 13.2 Å². The van der Waals surface area contributed by atoms with Crippen LogP contribution in [0.2, 0.25) is 0 Å². The van der Waals surface area contributed by atoms with Crippen molar-refractivity contribution in [3.05, 3.63) is 103 Å². The van der Waals surface area contributed by atoms with E-state index in [9.17, 15) is 8.42 Å². The summed E-state index contributed by atoms with van der Waals surface area (Å²) in [7, 11) is -3.98. The van der Waals surface area contributed by atoms with E-state index in [1.807, 2.05) is 67.6 Å². The van der Waals surface area contributed by atoms with Gasteiger partial charge in [-0.3, -0.25) is 4.18 Å². The SMILES string of the molecule is Cc1ccc(S(=O)(=O)OC(COc2ccccc2)COc2ccc3ccccc3c2)cc1. The lowest BCUT2D eigenvalue weighted by molar-refractivity contribution is 0.0861. The molecule has 0 aliphatic carbocycles. The Hall–Kier alpha value is -3.35. The summed E-state index contributed by atoms with van der Waals surface area (Å²) in [4.78, 5) is 0.0958. The van der Waals surface area contributed by atoms with Gasteiger partial charge in [0, 0.05) is 0 Å². The Kier molecular flexibility index (Phi) is 6.73. The second-order valence-electron chi connectivity index (χ2n) is 7.43. The van der Waals surface area contributed by atoms with Crippen LogP contribution in [0.3, 0.4) is 0 Å². The summed E-state index contributed by atoms with van der Waals surface area (Å²) in [6.07, 6.45) is -0.840. The average Bonchev–Trinajstić information content (AvgIpc) is 2.81. The fourth-order valence-electron chi connectivity index (χ4n) is 3.20. The van der Waals surface area contributed by atoms with Crippen LogP contribution in [0.4, 0.5) is 0 Å². The van der Waals surface area contributed by atoms with Gasteiger partial charge in [0.2, 0.25) is 0 Å². The van der Waals surface area contributed by atoms with Gasteiger partial charge in [-0.15, -0.1) is 0 Å². The molecule has 0 bridgehead atoms. The van der Waals surface area contributed by atoms with Crippen molar-refractivity contribution in [1.29, 1.82) is 0 Å². The Bertz CT molecular complexity index is 1270. The Morgan fingerprint density at radius 2 is 1.31 bits per heavy atom. The minimum atomic E-state index is -3.98. The van der Waals surface area contributed by atoms with Gasteiger partial charge >= 0.3 is 0 Å². The highest BCUT2D eigenvalue weighted by Gasteiger charge is 2.23. The molecule has 6 heteroatoms. The maximum atomic E-state index is 12.8. The van der Waals surface area contributed by atoms with Gasteiger partial charge in [0.15, 0.2) is 0 Å². The molecule has 0 aromatic heterocycles. The monoisotopic (exact) mass is 448 g/mol. The lowest BCUT2D eigenvalue weighted by Crippen LogP contribution is -2.31. The number of ether oxygens (including phenoxy) is 2. The van der Waals surface area contributed by atoms with E-state index < -0.39 is 16.2 Å². The van der Waals surface area contributed by atoms with Crippen LogP contribution >= 0.6 is 0 Å².